The summed E-state index contributed by atoms with van der Waals surface area (Å²) in [5.41, 5.74) is 5.43. The number of hydrogen-bond acceptors (Lipinski definition) is 6. The minimum Gasteiger partial charge on any atom is -0.408 e. The number of aromatic nitrogens is 2. The zero-order valence-electron chi connectivity index (χ0n) is 10.3. The van der Waals surface area contributed by atoms with Crippen molar-refractivity contribution in [1.29, 1.82) is 0 Å². The van der Waals surface area contributed by atoms with Gasteiger partial charge in [-0.2, -0.15) is 0 Å². The van der Waals surface area contributed by atoms with Gasteiger partial charge in [0.15, 0.2) is 0 Å². The van der Waals surface area contributed by atoms with Gasteiger partial charge >= 0.3 is 6.01 Å². The minimum absolute atomic E-state index is 0.276. The normalized spacial score (nSPS) is 20.5. The quantitative estimate of drug-likeness (QED) is 0.811. The van der Waals surface area contributed by atoms with Gasteiger partial charge < -0.3 is 19.8 Å². The Morgan fingerprint density at radius 2 is 2.29 bits per heavy atom. The predicted molar refractivity (Wildman–Crippen MR) is 63.9 cm³/mol. The van der Waals surface area contributed by atoms with Crippen molar-refractivity contribution in [2.24, 2.45) is 5.73 Å². The van der Waals surface area contributed by atoms with Crippen molar-refractivity contribution in [3.8, 4) is 0 Å². The molecule has 0 spiro atoms. The summed E-state index contributed by atoms with van der Waals surface area (Å²) in [4.78, 5) is 1.95. The van der Waals surface area contributed by atoms with E-state index in [0.717, 1.165) is 19.6 Å². The molecule has 2 heterocycles. The lowest BCUT2D eigenvalue weighted by Crippen LogP contribution is -2.33. The summed E-state index contributed by atoms with van der Waals surface area (Å²) >= 11 is 0. The molecule has 6 heteroatoms. The molecule has 17 heavy (non-hydrogen) atoms. The van der Waals surface area contributed by atoms with E-state index in [2.05, 4.69) is 10.2 Å². The Kier molecular flexibility index (Phi) is 4.33. The van der Waals surface area contributed by atoms with Crippen molar-refractivity contribution < 1.29 is 9.15 Å². The zero-order valence-corrected chi connectivity index (χ0v) is 10.3. The highest BCUT2D eigenvalue weighted by Crippen LogP contribution is 2.17. The van der Waals surface area contributed by atoms with Gasteiger partial charge in [-0.15, -0.1) is 5.10 Å². The molecule has 1 fully saturated rings. The number of hydrogen-bond donors (Lipinski definition) is 1. The molecule has 6 nitrogen and oxygen atoms in total. The van der Waals surface area contributed by atoms with Crippen LogP contribution in [0.4, 0.5) is 6.01 Å². The second kappa shape index (κ2) is 5.97. The largest absolute Gasteiger partial charge is 0.408 e. The fourth-order valence-corrected chi connectivity index (χ4v) is 1.96. The summed E-state index contributed by atoms with van der Waals surface area (Å²) < 4.78 is 11.2. The van der Waals surface area contributed by atoms with Gasteiger partial charge in [0.1, 0.15) is 0 Å². The first-order valence-corrected chi connectivity index (χ1v) is 6.15. The Bertz CT molecular complexity index is 336. The van der Waals surface area contributed by atoms with Gasteiger partial charge in [-0.25, -0.2) is 0 Å². The predicted octanol–water partition coefficient (Wildman–Crippen LogP) is 0.576. The smallest absolute Gasteiger partial charge is 0.317 e. The third-order valence-corrected chi connectivity index (χ3v) is 2.89. The van der Waals surface area contributed by atoms with Gasteiger partial charge in [-0.3, -0.25) is 0 Å². The molecule has 1 atom stereocenters. The number of anilines is 1. The Balaban J connectivity index is 1.86. The lowest BCUT2D eigenvalue weighted by Gasteiger charge is -2.26. The molecular weight excluding hydrogens is 220 g/mol. The maximum atomic E-state index is 5.67. The maximum absolute atomic E-state index is 5.67. The van der Waals surface area contributed by atoms with E-state index in [1.165, 1.54) is 12.8 Å². The summed E-state index contributed by atoms with van der Waals surface area (Å²) in [7, 11) is 1.94. The third kappa shape index (κ3) is 3.41. The standard InChI is InChI=1S/C11H20N4O2/c1-15(8-9-4-2-3-7-16-9)11-14-13-10(17-11)5-6-12/h9H,2-8,12H2,1H3. The van der Waals surface area contributed by atoms with E-state index in [0.29, 0.717) is 24.9 Å². The Morgan fingerprint density at radius 3 is 3.00 bits per heavy atom. The van der Waals surface area contributed by atoms with Crippen LogP contribution in [0.2, 0.25) is 0 Å². The number of rotatable bonds is 5. The van der Waals surface area contributed by atoms with Crippen molar-refractivity contribution in [2.45, 2.75) is 31.8 Å². The van der Waals surface area contributed by atoms with E-state index in [4.69, 9.17) is 14.9 Å². The number of ether oxygens (including phenoxy) is 1. The average Bonchev–Trinajstić information content (AvgIpc) is 2.79. The first-order chi connectivity index (χ1) is 8.29. The maximum Gasteiger partial charge on any atom is 0.317 e. The van der Waals surface area contributed by atoms with E-state index in [1.54, 1.807) is 0 Å². The molecule has 0 aromatic carbocycles. The van der Waals surface area contributed by atoms with E-state index < -0.39 is 0 Å². The molecule has 0 radical (unpaired) electrons. The van der Waals surface area contributed by atoms with Crippen LogP contribution in [-0.2, 0) is 11.2 Å². The number of nitrogens with zero attached hydrogens (tertiary/aromatic N) is 3. The van der Waals surface area contributed by atoms with Gasteiger partial charge in [-0.05, 0) is 19.3 Å². The molecule has 2 N–H and O–H groups in total. The molecule has 1 aromatic heterocycles. The molecule has 0 saturated carbocycles. The molecule has 1 unspecified atom stereocenters. The van der Waals surface area contributed by atoms with Gasteiger partial charge in [0.05, 0.1) is 6.10 Å². The second-order valence-electron chi connectivity index (χ2n) is 4.39. The Morgan fingerprint density at radius 1 is 1.41 bits per heavy atom. The topological polar surface area (TPSA) is 77.4 Å². The summed E-state index contributed by atoms with van der Waals surface area (Å²) in [5.74, 6) is 0.596. The van der Waals surface area contributed by atoms with Gasteiger partial charge in [0, 0.05) is 33.2 Å². The van der Waals surface area contributed by atoms with Crippen molar-refractivity contribution in [2.75, 3.05) is 31.6 Å². The van der Waals surface area contributed by atoms with Crippen LogP contribution in [0.5, 0.6) is 0 Å². The lowest BCUT2D eigenvalue weighted by atomic mass is 10.1. The van der Waals surface area contributed by atoms with Gasteiger partial charge in [0.25, 0.3) is 0 Å². The SMILES string of the molecule is CN(CC1CCCCO1)c1nnc(CCN)o1. The van der Waals surface area contributed by atoms with Crippen molar-refractivity contribution in [3.05, 3.63) is 5.89 Å². The van der Waals surface area contributed by atoms with Crippen molar-refractivity contribution in [3.63, 3.8) is 0 Å². The Hall–Kier alpha value is -1.14. The molecule has 1 aliphatic rings. The van der Waals surface area contributed by atoms with Crippen molar-refractivity contribution >= 4 is 6.01 Å². The van der Waals surface area contributed by atoms with Crippen LogP contribution in [0.1, 0.15) is 25.2 Å². The van der Waals surface area contributed by atoms with Crippen LogP contribution >= 0.6 is 0 Å². The summed E-state index contributed by atoms with van der Waals surface area (Å²) in [6.45, 7) is 2.18. The molecule has 1 aliphatic heterocycles. The first-order valence-electron chi connectivity index (χ1n) is 6.15. The molecule has 2 rings (SSSR count). The highest BCUT2D eigenvalue weighted by Gasteiger charge is 2.18. The van der Waals surface area contributed by atoms with Gasteiger partial charge in [-0.1, -0.05) is 5.10 Å². The molecule has 96 valence electrons. The fourth-order valence-electron chi connectivity index (χ4n) is 1.96. The Labute approximate surface area is 101 Å². The fraction of sp³-hybridized carbons (Fsp3) is 0.818. The van der Waals surface area contributed by atoms with Crippen molar-refractivity contribution in [1.82, 2.24) is 10.2 Å². The molecule has 1 saturated heterocycles. The molecule has 0 amide bonds. The second-order valence-corrected chi connectivity index (χ2v) is 4.39. The first kappa shape index (κ1) is 12.3. The summed E-state index contributed by atoms with van der Waals surface area (Å²) in [6, 6.07) is 0.544. The number of likely N-dealkylation sites (N-methyl/N-ethyl adjacent to an activating group) is 1. The molecule has 0 bridgehead atoms. The minimum atomic E-state index is 0.276. The highest BCUT2D eigenvalue weighted by molar-refractivity contribution is 5.22. The van der Waals surface area contributed by atoms with Crippen LogP contribution in [0.15, 0.2) is 4.42 Å². The highest BCUT2D eigenvalue weighted by atomic mass is 16.5. The molecular formula is C11H20N4O2. The van der Waals surface area contributed by atoms with Crippen LogP contribution in [0.25, 0.3) is 0 Å². The monoisotopic (exact) mass is 240 g/mol. The zero-order chi connectivity index (χ0) is 12.1. The summed E-state index contributed by atoms with van der Waals surface area (Å²) in [5, 5.41) is 7.94. The van der Waals surface area contributed by atoms with E-state index in [-0.39, 0.29) is 6.10 Å². The summed E-state index contributed by atoms with van der Waals surface area (Å²) in [6.07, 6.45) is 4.41. The molecule has 1 aromatic rings. The van der Waals surface area contributed by atoms with Crippen LogP contribution < -0.4 is 10.6 Å². The van der Waals surface area contributed by atoms with Crippen LogP contribution in [-0.4, -0.2) is 43.0 Å². The average molecular weight is 240 g/mol. The third-order valence-electron chi connectivity index (χ3n) is 2.89. The molecule has 0 aliphatic carbocycles. The van der Waals surface area contributed by atoms with E-state index >= 15 is 0 Å². The number of nitrogens with two attached hydrogens (primary N) is 1. The van der Waals surface area contributed by atoms with E-state index in [9.17, 15) is 0 Å². The lowest BCUT2D eigenvalue weighted by molar-refractivity contribution is 0.0211. The van der Waals surface area contributed by atoms with E-state index in [1.807, 2.05) is 11.9 Å². The van der Waals surface area contributed by atoms with Crippen LogP contribution in [0.3, 0.4) is 0 Å². The van der Waals surface area contributed by atoms with Crippen LogP contribution in [0, 0.1) is 0 Å². The van der Waals surface area contributed by atoms with Gasteiger partial charge in [0.2, 0.25) is 5.89 Å².